The van der Waals surface area contributed by atoms with E-state index in [0.29, 0.717) is 18.9 Å². The molecule has 18 heavy (non-hydrogen) atoms. The first-order valence-corrected chi connectivity index (χ1v) is 7.12. The summed E-state index contributed by atoms with van der Waals surface area (Å²) in [5.74, 6) is -0.451. The SMILES string of the molecule is CCC1CC(C(=O)O)C(C(=O)NCCC2CC2)C1. The molecule has 4 heteroatoms. The molecule has 2 N–H and O–H groups in total. The van der Waals surface area contributed by atoms with Gasteiger partial charge in [0.15, 0.2) is 0 Å². The van der Waals surface area contributed by atoms with E-state index >= 15 is 0 Å². The van der Waals surface area contributed by atoms with Crippen molar-refractivity contribution in [2.24, 2.45) is 23.7 Å². The molecular weight excluding hydrogens is 230 g/mol. The monoisotopic (exact) mass is 253 g/mol. The van der Waals surface area contributed by atoms with Gasteiger partial charge in [-0.1, -0.05) is 26.2 Å². The number of carboxylic acid groups (broad SMARTS) is 1. The summed E-state index contributed by atoms with van der Waals surface area (Å²) in [6.45, 7) is 2.78. The van der Waals surface area contributed by atoms with E-state index in [1.54, 1.807) is 0 Å². The molecule has 3 unspecified atom stereocenters. The summed E-state index contributed by atoms with van der Waals surface area (Å²) in [5.41, 5.74) is 0. The molecule has 2 saturated carbocycles. The van der Waals surface area contributed by atoms with Crippen molar-refractivity contribution in [1.82, 2.24) is 5.32 Å². The highest BCUT2D eigenvalue weighted by Crippen LogP contribution is 2.38. The molecule has 0 spiro atoms. The van der Waals surface area contributed by atoms with Crippen LogP contribution in [-0.2, 0) is 9.59 Å². The van der Waals surface area contributed by atoms with Crippen LogP contribution in [-0.4, -0.2) is 23.5 Å². The Morgan fingerprint density at radius 1 is 1.17 bits per heavy atom. The van der Waals surface area contributed by atoms with E-state index in [2.05, 4.69) is 12.2 Å². The number of hydrogen-bond acceptors (Lipinski definition) is 2. The minimum atomic E-state index is -0.812. The van der Waals surface area contributed by atoms with Crippen molar-refractivity contribution in [3.8, 4) is 0 Å². The van der Waals surface area contributed by atoms with Crippen LogP contribution in [0, 0.1) is 23.7 Å². The quantitative estimate of drug-likeness (QED) is 0.761. The Morgan fingerprint density at radius 3 is 2.39 bits per heavy atom. The molecule has 0 heterocycles. The lowest BCUT2D eigenvalue weighted by atomic mass is 9.95. The number of aliphatic carboxylic acids is 1. The molecule has 1 amide bonds. The zero-order valence-corrected chi connectivity index (χ0v) is 11.0. The summed E-state index contributed by atoms with van der Waals surface area (Å²) in [6.07, 6.45) is 5.99. The van der Waals surface area contributed by atoms with Gasteiger partial charge < -0.3 is 10.4 Å². The number of nitrogens with one attached hydrogen (secondary N) is 1. The number of rotatable bonds is 6. The lowest BCUT2D eigenvalue weighted by Gasteiger charge is -2.15. The lowest BCUT2D eigenvalue weighted by Crippen LogP contribution is -2.35. The predicted molar refractivity (Wildman–Crippen MR) is 68.0 cm³/mol. The maximum Gasteiger partial charge on any atom is 0.307 e. The van der Waals surface area contributed by atoms with Crippen LogP contribution in [0.5, 0.6) is 0 Å². The number of carboxylic acids is 1. The topological polar surface area (TPSA) is 66.4 Å². The van der Waals surface area contributed by atoms with E-state index in [4.69, 9.17) is 0 Å². The molecule has 0 saturated heterocycles. The minimum Gasteiger partial charge on any atom is -0.481 e. The van der Waals surface area contributed by atoms with Crippen molar-refractivity contribution >= 4 is 11.9 Å². The van der Waals surface area contributed by atoms with Crippen LogP contribution in [0.4, 0.5) is 0 Å². The Morgan fingerprint density at radius 2 is 1.83 bits per heavy atom. The highest BCUT2D eigenvalue weighted by atomic mass is 16.4. The van der Waals surface area contributed by atoms with Gasteiger partial charge in [0.2, 0.25) is 5.91 Å². The van der Waals surface area contributed by atoms with Crippen molar-refractivity contribution < 1.29 is 14.7 Å². The molecule has 2 fully saturated rings. The van der Waals surface area contributed by atoms with Crippen LogP contribution >= 0.6 is 0 Å². The molecule has 0 aromatic carbocycles. The van der Waals surface area contributed by atoms with E-state index < -0.39 is 11.9 Å². The van der Waals surface area contributed by atoms with E-state index in [-0.39, 0.29) is 11.8 Å². The first-order valence-electron chi connectivity index (χ1n) is 7.12. The highest BCUT2D eigenvalue weighted by Gasteiger charge is 2.41. The molecule has 2 aliphatic rings. The summed E-state index contributed by atoms with van der Waals surface area (Å²) < 4.78 is 0. The van der Waals surface area contributed by atoms with Crippen LogP contribution in [0.1, 0.15) is 45.4 Å². The number of carbonyl (C=O) groups is 2. The van der Waals surface area contributed by atoms with Gasteiger partial charge in [-0.2, -0.15) is 0 Å². The van der Waals surface area contributed by atoms with E-state index in [9.17, 15) is 14.7 Å². The molecule has 0 radical (unpaired) electrons. The van der Waals surface area contributed by atoms with Gasteiger partial charge in [0.25, 0.3) is 0 Å². The fourth-order valence-corrected chi connectivity index (χ4v) is 2.98. The lowest BCUT2D eigenvalue weighted by molar-refractivity contribution is -0.146. The fourth-order valence-electron chi connectivity index (χ4n) is 2.98. The standard InChI is InChI=1S/C14H23NO3/c1-2-9-7-11(12(8-9)14(17)18)13(16)15-6-5-10-3-4-10/h9-12H,2-8H2,1H3,(H,15,16)(H,17,18). The number of hydrogen-bond donors (Lipinski definition) is 2. The largest absolute Gasteiger partial charge is 0.481 e. The van der Waals surface area contributed by atoms with E-state index in [1.165, 1.54) is 12.8 Å². The summed E-state index contributed by atoms with van der Waals surface area (Å²) in [6, 6.07) is 0. The second kappa shape index (κ2) is 5.72. The molecule has 0 bridgehead atoms. The summed E-state index contributed by atoms with van der Waals surface area (Å²) in [4.78, 5) is 23.2. The van der Waals surface area contributed by atoms with Crippen molar-refractivity contribution in [3.63, 3.8) is 0 Å². The van der Waals surface area contributed by atoms with Crippen molar-refractivity contribution in [2.75, 3.05) is 6.54 Å². The van der Waals surface area contributed by atoms with Crippen molar-refractivity contribution in [3.05, 3.63) is 0 Å². The zero-order chi connectivity index (χ0) is 13.1. The Kier molecular flexibility index (Phi) is 4.25. The smallest absolute Gasteiger partial charge is 0.307 e. The molecule has 0 aromatic heterocycles. The van der Waals surface area contributed by atoms with Gasteiger partial charge in [-0.25, -0.2) is 0 Å². The maximum absolute atomic E-state index is 12.0. The van der Waals surface area contributed by atoms with Gasteiger partial charge in [-0.3, -0.25) is 9.59 Å². The third-order valence-corrected chi connectivity index (χ3v) is 4.44. The second-order valence-electron chi connectivity index (χ2n) is 5.82. The number of amides is 1. The fraction of sp³-hybridized carbons (Fsp3) is 0.857. The average Bonchev–Trinajstić information content (AvgIpc) is 3.05. The Bertz CT molecular complexity index is 325. The Labute approximate surface area is 108 Å². The van der Waals surface area contributed by atoms with Crippen LogP contribution < -0.4 is 5.32 Å². The Balaban J connectivity index is 1.83. The van der Waals surface area contributed by atoms with Gasteiger partial charge in [0.05, 0.1) is 11.8 Å². The summed E-state index contributed by atoms with van der Waals surface area (Å²) in [7, 11) is 0. The van der Waals surface area contributed by atoms with Crippen LogP contribution in [0.3, 0.4) is 0 Å². The number of carbonyl (C=O) groups excluding carboxylic acids is 1. The molecule has 0 aliphatic heterocycles. The first kappa shape index (κ1) is 13.4. The second-order valence-corrected chi connectivity index (χ2v) is 5.82. The molecular formula is C14H23NO3. The normalized spacial score (nSPS) is 31.3. The third kappa shape index (κ3) is 3.24. The molecule has 102 valence electrons. The van der Waals surface area contributed by atoms with Crippen LogP contribution in [0.2, 0.25) is 0 Å². The first-order chi connectivity index (χ1) is 8.61. The summed E-state index contributed by atoms with van der Waals surface area (Å²) in [5, 5.41) is 12.1. The van der Waals surface area contributed by atoms with Crippen LogP contribution in [0.15, 0.2) is 0 Å². The van der Waals surface area contributed by atoms with Gasteiger partial charge >= 0.3 is 5.97 Å². The van der Waals surface area contributed by atoms with E-state index in [1.807, 2.05) is 0 Å². The van der Waals surface area contributed by atoms with Crippen LogP contribution in [0.25, 0.3) is 0 Å². The highest BCUT2D eigenvalue weighted by molar-refractivity contribution is 5.85. The van der Waals surface area contributed by atoms with Crippen molar-refractivity contribution in [1.29, 1.82) is 0 Å². The molecule has 2 rings (SSSR count). The van der Waals surface area contributed by atoms with Gasteiger partial charge in [0, 0.05) is 6.54 Å². The molecule has 4 nitrogen and oxygen atoms in total. The maximum atomic E-state index is 12.0. The van der Waals surface area contributed by atoms with Crippen molar-refractivity contribution in [2.45, 2.75) is 45.4 Å². The molecule has 0 aromatic rings. The minimum absolute atomic E-state index is 0.0426. The average molecular weight is 253 g/mol. The summed E-state index contributed by atoms with van der Waals surface area (Å²) >= 11 is 0. The third-order valence-electron chi connectivity index (χ3n) is 4.44. The molecule has 3 atom stereocenters. The molecule has 2 aliphatic carbocycles. The predicted octanol–water partition coefficient (Wildman–Crippen LogP) is 2.04. The zero-order valence-electron chi connectivity index (χ0n) is 11.0. The van der Waals surface area contributed by atoms with Gasteiger partial charge in [-0.05, 0) is 31.1 Å². The Hall–Kier alpha value is -1.06. The van der Waals surface area contributed by atoms with Gasteiger partial charge in [0.1, 0.15) is 0 Å². The van der Waals surface area contributed by atoms with Gasteiger partial charge in [-0.15, -0.1) is 0 Å². The van der Waals surface area contributed by atoms with E-state index in [0.717, 1.165) is 25.2 Å².